The van der Waals surface area contributed by atoms with E-state index in [1.165, 1.54) is 0 Å². The van der Waals surface area contributed by atoms with Crippen LogP contribution in [0.4, 0.5) is 5.69 Å². The smallest absolute Gasteiger partial charge is 0.254 e. The highest BCUT2D eigenvalue weighted by Crippen LogP contribution is 2.19. The molecule has 0 fully saturated rings. The van der Waals surface area contributed by atoms with Gasteiger partial charge in [-0.25, -0.2) is 0 Å². The summed E-state index contributed by atoms with van der Waals surface area (Å²) >= 11 is 3.40. The fourth-order valence-electron chi connectivity index (χ4n) is 2.14. The van der Waals surface area contributed by atoms with Crippen molar-refractivity contribution in [2.24, 2.45) is 0 Å². The van der Waals surface area contributed by atoms with Gasteiger partial charge in [-0.1, -0.05) is 40.2 Å². The summed E-state index contributed by atoms with van der Waals surface area (Å²) in [6.07, 6.45) is 0. The molecular weight excluding hydrogens is 328 g/mol. The number of nitrogen functional groups attached to an aromatic ring is 1. The third kappa shape index (κ3) is 3.85. The van der Waals surface area contributed by atoms with E-state index in [-0.39, 0.29) is 11.9 Å². The molecule has 0 saturated heterocycles. The lowest BCUT2D eigenvalue weighted by atomic mass is 10.1. The van der Waals surface area contributed by atoms with Gasteiger partial charge in [0.15, 0.2) is 0 Å². The molecular formula is C17H19BrN2O. The topological polar surface area (TPSA) is 46.3 Å². The molecule has 1 amide bonds. The molecule has 2 aromatic carbocycles. The van der Waals surface area contributed by atoms with Crippen LogP contribution in [0.15, 0.2) is 53.0 Å². The van der Waals surface area contributed by atoms with Gasteiger partial charge in [0.2, 0.25) is 0 Å². The molecule has 0 radical (unpaired) electrons. The molecule has 0 aromatic heterocycles. The van der Waals surface area contributed by atoms with E-state index < -0.39 is 0 Å². The van der Waals surface area contributed by atoms with Crippen molar-refractivity contribution >= 4 is 27.5 Å². The number of rotatable bonds is 4. The molecule has 3 nitrogen and oxygen atoms in total. The Morgan fingerprint density at radius 3 is 2.52 bits per heavy atom. The van der Waals surface area contributed by atoms with Crippen molar-refractivity contribution in [1.29, 1.82) is 0 Å². The van der Waals surface area contributed by atoms with Gasteiger partial charge in [-0.2, -0.15) is 0 Å². The second kappa shape index (κ2) is 6.76. The summed E-state index contributed by atoms with van der Waals surface area (Å²) in [5.74, 6) is 0.00885. The molecule has 0 unspecified atom stereocenters. The highest BCUT2D eigenvalue weighted by molar-refractivity contribution is 9.10. The zero-order valence-corrected chi connectivity index (χ0v) is 13.8. The van der Waals surface area contributed by atoms with Gasteiger partial charge in [0.1, 0.15) is 0 Å². The predicted octanol–water partition coefficient (Wildman–Crippen LogP) is 4.08. The fourth-order valence-corrected chi connectivity index (χ4v) is 2.54. The standard InChI is InChI=1S/C17H19BrN2O/c1-12(2)20(11-14-6-3-4-9-16(14)19)17(21)13-7-5-8-15(18)10-13/h3-10,12H,11,19H2,1-2H3. The Kier molecular flexibility index (Phi) is 5.02. The van der Waals surface area contributed by atoms with Crippen molar-refractivity contribution in [2.75, 3.05) is 5.73 Å². The van der Waals surface area contributed by atoms with E-state index >= 15 is 0 Å². The Morgan fingerprint density at radius 2 is 1.90 bits per heavy atom. The molecule has 0 atom stereocenters. The molecule has 0 spiro atoms. The number of carbonyl (C=O) groups excluding carboxylic acids is 1. The van der Waals surface area contributed by atoms with Crippen LogP contribution in [0.5, 0.6) is 0 Å². The van der Waals surface area contributed by atoms with Crippen LogP contribution in [-0.4, -0.2) is 16.8 Å². The minimum Gasteiger partial charge on any atom is -0.398 e. The monoisotopic (exact) mass is 346 g/mol. The fraction of sp³-hybridized carbons (Fsp3) is 0.235. The summed E-state index contributed by atoms with van der Waals surface area (Å²) in [7, 11) is 0. The number of benzene rings is 2. The number of para-hydroxylation sites is 1. The van der Waals surface area contributed by atoms with Gasteiger partial charge >= 0.3 is 0 Å². The van der Waals surface area contributed by atoms with Gasteiger partial charge in [0.25, 0.3) is 5.91 Å². The van der Waals surface area contributed by atoms with E-state index in [1.807, 2.05) is 67.3 Å². The van der Waals surface area contributed by atoms with Crippen molar-refractivity contribution in [2.45, 2.75) is 26.4 Å². The highest BCUT2D eigenvalue weighted by atomic mass is 79.9. The van der Waals surface area contributed by atoms with Crippen LogP contribution in [0, 0.1) is 0 Å². The Hall–Kier alpha value is -1.81. The summed E-state index contributed by atoms with van der Waals surface area (Å²) in [5.41, 5.74) is 8.34. The number of hydrogen-bond donors (Lipinski definition) is 1. The lowest BCUT2D eigenvalue weighted by Crippen LogP contribution is -2.36. The Balaban J connectivity index is 2.27. The molecule has 2 N–H and O–H groups in total. The number of anilines is 1. The van der Waals surface area contributed by atoms with Crippen LogP contribution in [0.25, 0.3) is 0 Å². The van der Waals surface area contributed by atoms with E-state index in [0.29, 0.717) is 17.8 Å². The third-order valence-corrected chi connectivity index (χ3v) is 3.84. The third-order valence-electron chi connectivity index (χ3n) is 3.35. The number of carbonyl (C=O) groups is 1. The van der Waals surface area contributed by atoms with E-state index in [2.05, 4.69) is 15.9 Å². The van der Waals surface area contributed by atoms with Crippen LogP contribution in [0.1, 0.15) is 29.8 Å². The van der Waals surface area contributed by atoms with Crippen molar-refractivity contribution < 1.29 is 4.79 Å². The first kappa shape index (κ1) is 15.6. The van der Waals surface area contributed by atoms with Gasteiger partial charge in [0.05, 0.1) is 0 Å². The van der Waals surface area contributed by atoms with Crippen LogP contribution in [-0.2, 0) is 6.54 Å². The average Bonchev–Trinajstić information content (AvgIpc) is 2.45. The second-order valence-corrected chi connectivity index (χ2v) is 6.15. The van der Waals surface area contributed by atoms with E-state index in [1.54, 1.807) is 0 Å². The zero-order valence-electron chi connectivity index (χ0n) is 12.2. The van der Waals surface area contributed by atoms with Crippen molar-refractivity contribution in [3.63, 3.8) is 0 Å². The molecule has 4 heteroatoms. The molecule has 21 heavy (non-hydrogen) atoms. The van der Waals surface area contributed by atoms with Gasteiger partial charge in [-0.05, 0) is 43.7 Å². The Labute approximate surface area is 133 Å². The first-order valence-electron chi connectivity index (χ1n) is 6.89. The maximum atomic E-state index is 12.7. The van der Waals surface area contributed by atoms with E-state index in [4.69, 9.17) is 5.73 Å². The molecule has 110 valence electrons. The minimum atomic E-state index is 0.00885. The molecule has 0 aliphatic carbocycles. The SMILES string of the molecule is CC(C)N(Cc1ccccc1N)C(=O)c1cccc(Br)c1. The average molecular weight is 347 g/mol. The van der Waals surface area contributed by atoms with Crippen LogP contribution in [0.3, 0.4) is 0 Å². The molecule has 0 aliphatic rings. The van der Waals surface area contributed by atoms with Gasteiger partial charge < -0.3 is 10.6 Å². The molecule has 2 aromatic rings. The summed E-state index contributed by atoms with van der Waals surface area (Å²) < 4.78 is 0.899. The van der Waals surface area contributed by atoms with E-state index in [9.17, 15) is 4.79 Å². The number of nitrogens with zero attached hydrogens (tertiary/aromatic N) is 1. The Bertz CT molecular complexity index is 640. The summed E-state index contributed by atoms with van der Waals surface area (Å²) in [4.78, 5) is 14.5. The van der Waals surface area contributed by atoms with Gasteiger partial charge in [0, 0.05) is 28.3 Å². The van der Waals surface area contributed by atoms with E-state index in [0.717, 1.165) is 10.0 Å². The molecule has 0 heterocycles. The number of amides is 1. The van der Waals surface area contributed by atoms with Crippen molar-refractivity contribution in [1.82, 2.24) is 4.90 Å². The van der Waals surface area contributed by atoms with Gasteiger partial charge in [-0.15, -0.1) is 0 Å². The lowest BCUT2D eigenvalue weighted by Gasteiger charge is -2.27. The lowest BCUT2D eigenvalue weighted by molar-refractivity contribution is 0.0691. The first-order chi connectivity index (χ1) is 9.99. The van der Waals surface area contributed by atoms with Crippen LogP contribution in [0.2, 0.25) is 0 Å². The predicted molar refractivity (Wildman–Crippen MR) is 90.0 cm³/mol. The number of halogens is 1. The van der Waals surface area contributed by atoms with Crippen molar-refractivity contribution in [3.05, 3.63) is 64.1 Å². The van der Waals surface area contributed by atoms with Crippen LogP contribution < -0.4 is 5.73 Å². The molecule has 0 aliphatic heterocycles. The molecule has 2 rings (SSSR count). The summed E-state index contributed by atoms with van der Waals surface area (Å²) in [6.45, 7) is 4.53. The largest absolute Gasteiger partial charge is 0.398 e. The minimum absolute atomic E-state index is 0.00885. The number of nitrogens with two attached hydrogens (primary N) is 1. The zero-order chi connectivity index (χ0) is 15.4. The molecule has 0 saturated carbocycles. The Morgan fingerprint density at radius 1 is 1.19 bits per heavy atom. The summed E-state index contributed by atoms with van der Waals surface area (Å²) in [6, 6.07) is 15.2. The second-order valence-electron chi connectivity index (χ2n) is 5.24. The quantitative estimate of drug-likeness (QED) is 0.847. The summed E-state index contributed by atoms with van der Waals surface area (Å²) in [5, 5.41) is 0. The maximum absolute atomic E-state index is 12.7. The van der Waals surface area contributed by atoms with Crippen LogP contribution >= 0.6 is 15.9 Å². The number of hydrogen-bond acceptors (Lipinski definition) is 2. The molecule has 0 bridgehead atoms. The normalized spacial score (nSPS) is 10.7. The van der Waals surface area contributed by atoms with Crippen molar-refractivity contribution in [3.8, 4) is 0 Å². The van der Waals surface area contributed by atoms with Gasteiger partial charge in [-0.3, -0.25) is 4.79 Å². The maximum Gasteiger partial charge on any atom is 0.254 e. The first-order valence-corrected chi connectivity index (χ1v) is 7.68. The highest BCUT2D eigenvalue weighted by Gasteiger charge is 2.19.